The van der Waals surface area contributed by atoms with E-state index in [2.05, 4.69) is 26.1 Å². The van der Waals surface area contributed by atoms with E-state index >= 15 is 0 Å². The second-order valence-corrected chi connectivity index (χ2v) is 8.09. The summed E-state index contributed by atoms with van der Waals surface area (Å²) in [6.07, 6.45) is 0. The summed E-state index contributed by atoms with van der Waals surface area (Å²) in [5.74, 6) is -0.148. The van der Waals surface area contributed by atoms with Gasteiger partial charge in [0.2, 0.25) is 0 Å². The van der Waals surface area contributed by atoms with Gasteiger partial charge in [0.25, 0.3) is 11.1 Å². The minimum atomic E-state index is -0.148. The number of carbonyl (C=O) groups excluding carboxylic acids is 2. The van der Waals surface area contributed by atoms with Crippen molar-refractivity contribution < 1.29 is 9.59 Å². The van der Waals surface area contributed by atoms with E-state index < -0.39 is 0 Å². The van der Waals surface area contributed by atoms with Crippen molar-refractivity contribution in [2.45, 2.75) is 31.1 Å². The lowest BCUT2D eigenvalue weighted by Crippen LogP contribution is -2.16. The normalized spacial score (nSPS) is 11.1. The van der Waals surface area contributed by atoms with Gasteiger partial charge in [0.05, 0.1) is 0 Å². The van der Waals surface area contributed by atoms with Crippen LogP contribution in [0.15, 0.2) is 53.4 Å². The number of thioether (sulfide) groups is 1. The lowest BCUT2D eigenvalue weighted by molar-refractivity contribution is 0.102. The summed E-state index contributed by atoms with van der Waals surface area (Å²) < 4.78 is 0. The van der Waals surface area contributed by atoms with E-state index in [0.717, 1.165) is 16.7 Å². The molecule has 0 aromatic heterocycles. The minimum Gasteiger partial charge on any atom is -0.339 e. The molecule has 0 aliphatic carbocycles. The van der Waals surface area contributed by atoms with Crippen LogP contribution >= 0.6 is 11.8 Å². The molecule has 0 bridgehead atoms. The highest BCUT2D eigenvalue weighted by atomic mass is 32.2. The molecule has 2 rings (SSSR count). The Balaban J connectivity index is 2.02. The number of amides is 2. The molecule has 0 atom stereocenters. The maximum atomic E-state index is 12.3. The van der Waals surface area contributed by atoms with E-state index in [-0.39, 0.29) is 16.6 Å². The van der Waals surface area contributed by atoms with Crippen LogP contribution in [0.25, 0.3) is 0 Å². The summed E-state index contributed by atoms with van der Waals surface area (Å²) in [6.45, 7) is 6.42. The minimum absolute atomic E-state index is 0.0317. The number of nitrogens with one attached hydrogen (secondary N) is 1. The van der Waals surface area contributed by atoms with Gasteiger partial charge < -0.3 is 10.2 Å². The highest BCUT2D eigenvalue weighted by Gasteiger charge is 2.14. The Morgan fingerprint density at radius 2 is 1.48 bits per heavy atom. The lowest BCUT2D eigenvalue weighted by Gasteiger charge is -2.19. The molecule has 1 N–H and O–H groups in total. The van der Waals surface area contributed by atoms with Crippen LogP contribution in [-0.2, 0) is 5.41 Å². The van der Waals surface area contributed by atoms with E-state index in [9.17, 15) is 9.59 Å². The number of hydrogen-bond donors (Lipinski definition) is 1. The molecule has 4 nitrogen and oxygen atoms in total. The van der Waals surface area contributed by atoms with Crippen molar-refractivity contribution in [3.05, 3.63) is 59.7 Å². The van der Waals surface area contributed by atoms with Crippen molar-refractivity contribution >= 4 is 28.6 Å². The molecule has 0 radical (unpaired) electrons. The van der Waals surface area contributed by atoms with Crippen LogP contribution in [0, 0.1) is 0 Å². The Morgan fingerprint density at radius 1 is 0.920 bits per heavy atom. The molecule has 132 valence electrons. The van der Waals surface area contributed by atoms with E-state index in [0.29, 0.717) is 11.3 Å². The van der Waals surface area contributed by atoms with Crippen molar-refractivity contribution in [1.82, 2.24) is 4.90 Å². The Hall–Kier alpha value is -2.27. The third-order valence-corrected chi connectivity index (χ3v) is 4.74. The van der Waals surface area contributed by atoms with Crippen molar-refractivity contribution in [3.8, 4) is 0 Å². The molecular weight excluding hydrogens is 332 g/mol. The van der Waals surface area contributed by atoms with Crippen molar-refractivity contribution in [1.29, 1.82) is 0 Å². The van der Waals surface area contributed by atoms with Crippen molar-refractivity contribution in [3.63, 3.8) is 0 Å². The second kappa shape index (κ2) is 7.74. The highest BCUT2D eigenvalue weighted by Crippen LogP contribution is 2.24. The van der Waals surface area contributed by atoms with Gasteiger partial charge in [0, 0.05) is 30.2 Å². The third kappa shape index (κ3) is 5.36. The second-order valence-electron chi connectivity index (χ2n) is 7.07. The molecule has 0 heterocycles. The van der Waals surface area contributed by atoms with Crippen LogP contribution < -0.4 is 5.32 Å². The number of benzene rings is 2. The molecule has 0 spiro atoms. The van der Waals surface area contributed by atoms with Gasteiger partial charge in [0.15, 0.2) is 0 Å². The predicted octanol–water partition coefficient (Wildman–Crippen LogP) is 5.01. The first kappa shape index (κ1) is 19.1. The summed E-state index contributed by atoms with van der Waals surface area (Å²) in [5, 5.41) is 2.84. The lowest BCUT2D eigenvalue weighted by atomic mass is 9.87. The van der Waals surface area contributed by atoms with E-state index in [1.807, 2.05) is 36.4 Å². The predicted molar refractivity (Wildman–Crippen MR) is 104 cm³/mol. The van der Waals surface area contributed by atoms with Gasteiger partial charge in [-0.15, -0.1) is 0 Å². The number of hydrogen-bond acceptors (Lipinski definition) is 3. The van der Waals surface area contributed by atoms with Gasteiger partial charge in [0.1, 0.15) is 0 Å². The maximum Gasteiger partial charge on any atom is 0.285 e. The molecule has 0 unspecified atom stereocenters. The Bertz CT molecular complexity index is 745. The molecule has 0 saturated heterocycles. The van der Waals surface area contributed by atoms with Gasteiger partial charge >= 0.3 is 0 Å². The molecule has 0 saturated carbocycles. The average molecular weight is 356 g/mol. The van der Waals surface area contributed by atoms with Gasteiger partial charge in [-0.3, -0.25) is 9.59 Å². The standard InChI is InChI=1S/C20H24N2O2S/c1-20(2,3)15-8-6-14(7-9-15)18(23)21-16-10-12-17(13-11-16)25-19(24)22(4)5/h6-13H,1-5H3,(H,21,23). The zero-order chi connectivity index (χ0) is 18.6. The van der Waals surface area contributed by atoms with Gasteiger partial charge in [-0.1, -0.05) is 32.9 Å². The van der Waals surface area contributed by atoms with Gasteiger partial charge in [-0.25, -0.2) is 0 Å². The van der Waals surface area contributed by atoms with E-state index in [1.54, 1.807) is 26.2 Å². The van der Waals surface area contributed by atoms with Crippen LogP contribution in [0.2, 0.25) is 0 Å². The van der Waals surface area contributed by atoms with E-state index in [1.165, 1.54) is 10.5 Å². The quantitative estimate of drug-likeness (QED) is 0.787. The molecule has 2 amide bonds. The van der Waals surface area contributed by atoms with Crippen LogP contribution in [0.5, 0.6) is 0 Å². The fourth-order valence-electron chi connectivity index (χ4n) is 2.12. The average Bonchev–Trinajstić information content (AvgIpc) is 2.55. The van der Waals surface area contributed by atoms with Gasteiger partial charge in [-0.2, -0.15) is 0 Å². The maximum absolute atomic E-state index is 12.3. The first-order valence-corrected chi connectivity index (χ1v) is 8.89. The SMILES string of the molecule is CN(C)C(=O)Sc1ccc(NC(=O)c2ccc(C(C)(C)C)cc2)cc1. The topological polar surface area (TPSA) is 49.4 Å². The number of nitrogens with zero attached hydrogens (tertiary/aromatic N) is 1. The molecule has 2 aromatic rings. The third-order valence-electron chi connectivity index (χ3n) is 3.70. The fraction of sp³-hybridized carbons (Fsp3) is 0.300. The van der Waals surface area contributed by atoms with Crippen LogP contribution in [0.1, 0.15) is 36.7 Å². The molecule has 0 fully saturated rings. The molecule has 25 heavy (non-hydrogen) atoms. The van der Waals surface area contributed by atoms with E-state index in [4.69, 9.17) is 0 Å². The van der Waals surface area contributed by atoms with Crippen LogP contribution in [0.4, 0.5) is 10.5 Å². The summed E-state index contributed by atoms with van der Waals surface area (Å²) >= 11 is 1.15. The monoisotopic (exact) mass is 356 g/mol. The molecule has 2 aromatic carbocycles. The smallest absolute Gasteiger partial charge is 0.285 e. The highest BCUT2D eigenvalue weighted by molar-refractivity contribution is 8.13. The molecule has 5 heteroatoms. The fourth-order valence-corrected chi connectivity index (χ4v) is 2.78. The zero-order valence-electron chi connectivity index (χ0n) is 15.3. The summed E-state index contributed by atoms with van der Waals surface area (Å²) in [4.78, 5) is 26.4. The summed E-state index contributed by atoms with van der Waals surface area (Å²) in [6, 6.07) is 14.9. The molecule has 0 aliphatic rings. The zero-order valence-corrected chi connectivity index (χ0v) is 16.1. The first-order chi connectivity index (χ1) is 11.7. The molecular formula is C20H24N2O2S. The largest absolute Gasteiger partial charge is 0.339 e. The van der Waals surface area contributed by atoms with Crippen molar-refractivity contribution in [2.24, 2.45) is 0 Å². The van der Waals surface area contributed by atoms with Crippen LogP contribution in [-0.4, -0.2) is 30.1 Å². The Kier molecular flexibility index (Phi) is 5.90. The summed E-state index contributed by atoms with van der Waals surface area (Å²) in [5.41, 5.74) is 2.57. The Labute approximate surface area is 153 Å². The number of carbonyl (C=O) groups is 2. The van der Waals surface area contributed by atoms with Gasteiger partial charge in [-0.05, 0) is 59.1 Å². The first-order valence-electron chi connectivity index (χ1n) is 8.08. The molecule has 0 aliphatic heterocycles. The van der Waals surface area contributed by atoms with Crippen LogP contribution in [0.3, 0.4) is 0 Å². The van der Waals surface area contributed by atoms with Crippen molar-refractivity contribution in [2.75, 3.05) is 19.4 Å². The Morgan fingerprint density at radius 3 is 1.96 bits per heavy atom. The number of rotatable bonds is 3. The summed E-state index contributed by atoms with van der Waals surface area (Å²) in [7, 11) is 3.43. The number of anilines is 1.